The summed E-state index contributed by atoms with van der Waals surface area (Å²) in [6.45, 7) is 5.14. The second-order valence-corrected chi connectivity index (χ2v) is 8.14. The van der Waals surface area contributed by atoms with Crippen molar-refractivity contribution in [3.8, 4) is 0 Å². The van der Waals surface area contributed by atoms with Crippen molar-refractivity contribution in [1.29, 1.82) is 0 Å². The van der Waals surface area contributed by atoms with E-state index in [-0.39, 0.29) is 18.3 Å². The molecule has 0 radical (unpaired) electrons. The van der Waals surface area contributed by atoms with Gasteiger partial charge in [-0.15, -0.1) is 23.7 Å². The van der Waals surface area contributed by atoms with E-state index >= 15 is 0 Å². The average molecular weight is 396 g/mol. The molecule has 2 N–H and O–H groups in total. The highest BCUT2D eigenvalue weighted by molar-refractivity contribution is 9.11. The zero-order chi connectivity index (χ0) is 14.4. The van der Waals surface area contributed by atoms with Gasteiger partial charge >= 0.3 is 0 Å². The van der Waals surface area contributed by atoms with Crippen molar-refractivity contribution in [2.75, 3.05) is 19.6 Å². The Morgan fingerprint density at radius 3 is 3.00 bits per heavy atom. The number of halogens is 2. The van der Waals surface area contributed by atoms with Gasteiger partial charge in [0, 0.05) is 17.8 Å². The number of thiophene rings is 1. The first kappa shape index (κ1) is 18.9. The number of nitrogens with one attached hydrogen (secondary N) is 2. The van der Waals surface area contributed by atoms with Crippen LogP contribution in [0.2, 0.25) is 0 Å². The fourth-order valence-corrected chi connectivity index (χ4v) is 4.19. The molecular formula is C15H24BrClN2OS. The van der Waals surface area contributed by atoms with Gasteiger partial charge in [-0.25, -0.2) is 0 Å². The molecular weight excluding hydrogens is 372 g/mol. The largest absolute Gasteiger partial charge is 0.356 e. The maximum atomic E-state index is 12.0. The van der Waals surface area contributed by atoms with E-state index in [4.69, 9.17) is 0 Å². The smallest absolute Gasteiger partial charge is 0.220 e. The number of carbonyl (C=O) groups excluding carboxylic acids is 1. The van der Waals surface area contributed by atoms with Crippen LogP contribution in [0.25, 0.3) is 0 Å². The Bertz CT molecular complexity index is 435. The van der Waals surface area contributed by atoms with Crippen LogP contribution in [0.3, 0.4) is 0 Å². The molecule has 0 spiro atoms. The predicted molar refractivity (Wildman–Crippen MR) is 95.4 cm³/mol. The third kappa shape index (κ3) is 6.68. The first-order valence-corrected chi connectivity index (χ1v) is 8.97. The van der Waals surface area contributed by atoms with E-state index in [9.17, 15) is 4.79 Å². The van der Waals surface area contributed by atoms with Gasteiger partial charge in [0.1, 0.15) is 0 Å². The quantitative estimate of drug-likeness (QED) is 0.772. The first-order valence-electron chi connectivity index (χ1n) is 7.37. The highest BCUT2D eigenvalue weighted by Crippen LogP contribution is 2.23. The van der Waals surface area contributed by atoms with Gasteiger partial charge in [-0.3, -0.25) is 4.79 Å². The molecule has 3 nitrogen and oxygen atoms in total. The molecule has 0 aliphatic carbocycles. The van der Waals surface area contributed by atoms with Gasteiger partial charge in [-0.1, -0.05) is 6.92 Å². The van der Waals surface area contributed by atoms with E-state index in [0.717, 1.165) is 29.8 Å². The summed E-state index contributed by atoms with van der Waals surface area (Å²) < 4.78 is 1.15. The summed E-state index contributed by atoms with van der Waals surface area (Å²) in [7, 11) is 0. The third-order valence-corrected chi connectivity index (χ3v) is 5.65. The van der Waals surface area contributed by atoms with E-state index in [1.165, 1.54) is 17.7 Å². The summed E-state index contributed by atoms with van der Waals surface area (Å²) in [5.74, 6) is 1.32. The van der Waals surface area contributed by atoms with Gasteiger partial charge in [0.25, 0.3) is 0 Å². The van der Waals surface area contributed by atoms with E-state index in [2.05, 4.69) is 45.6 Å². The van der Waals surface area contributed by atoms with Crippen molar-refractivity contribution < 1.29 is 4.79 Å². The number of piperidine rings is 1. The Morgan fingerprint density at radius 2 is 2.38 bits per heavy atom. The molecule has 2 heterocycles. The van der Waals surface area contributed by atoms with Gasteiger partial charge in [0.05, 0.1) is 3.79 Å². The third-order valence-electron chi connectivity index (χ3n) is 3.97. The minimum Gasteiger partial charge on any atom is -0.356 e. The number of carbonyl (C=O) groups is 1. The van der Waals surface area contributed by atoms with Crippen LogP contribution in [-0.2, 0) is 11.2 Å². The molecule has 1 amide bonds. The Kier molecular flexibility index (Phi) is 8.86. The molecule has 0 aromatic carbocycles. The molecule has 1 aromatic heterocycles. The van der Waals surface area contributed by atoms with Gasteiger partial charge in [0.15, 0.2) is 0 Å². The Labute approximate surface area is 145 Å². The molecule has 120 valence electrons. The maximum absolute atomic E-state index is 12.0. The summed E-state index contributed by atoms with van der Waals surface area (Å²) in [5.41, 5.74) is 0. The van der Waals surface area contributed by atoms with Crippen LogP contribution in [0, 0.1) is 11.8 Å². The van der Waals surface area contributed by atoms with E-state index < -0.39 is 0 Å². The second kappa shape index (κ2) is 9.82. The molecule has 1 saturated heterocycles. The Balaban J connectivity index is 0.00000220. The lowest BCUT2D eigenvalue weighted by Gasteiger charge is -2.28. The van der Waals surface area contributed by atoms with E-state index in [0.29, 0.717) is 18.3 Å². The summed E-state index contributed by atoms with van der Waals surface area (Å²) in [6, 6.07) is 4.16. The first-order chi connectivity index (χ1) is 9.65. The molecule has 6 heteroatoms. The number of rotatable bonds is 6. The van der Waals surface area contributed by atoms with Crippen LogP contribution in [0.1, 0.15) is 31.1 Å². The van der Waals surface area contributed by atoms with Crippen LogP contribution < -0.4 is 10.6 Å². The Hall–Kier alpha value is -0.100. The van der Waals surface area contributed by atoms with Gasteiger partial charge in [-0.2, -0.15) is 0 Å². The van der Waals surface area contributed by atoms with E-state index in [1.54, 1.807) is 11.3 Å². The average Bonchev–Trinajstić information content (AvgIpc) is 2.85. The van der Waals surface area contributed by atoms with E-state index in [1.807, 2.05) is 0 Å². The van der Waals surface area contributed by atoms with Gasteiger partial charge in [0.2, 0.25) is 5.91 Å². The molecule has 2 atom stereocenters. The number of amides is 1. The summed E-state index contributed by atoms with van der Waals surface area (Å²) >= 11 is 5.19. The fraction of sp³-hybridized carbons (Fsp3) is 0.667. The molecule has 21 heavy (non-hydrogen) atoms. The minimum atomic E-state index is 0. The van der Waals surface area contributed by atoms with Crippen LogP contribution >= 0.6 is 39.7 Å². The van der Waals surface area contributed by atoms with Crippen LogP contribution in [0.15, 0.2) is 15.9 Å². The Morgan fingerprint density at radius 1 is 1.57 bits per heavy atom. The van der Waals surface area contributed by atoms with Crippen LogP contribution in [0.4, 0.5) is 0 Å². The summed E-state index contributed by atoms with van der Waals surface area (Å²) in [5, 5.41) is 6.46. The standard InChI is InChI=1S/C15H23BrN2OS.ClH/c1-11(12-3-2-7-17-10-12)9-15(19)18-8-6-13-4-5-14(16)20-13;/h4-5,11-12,17H,2-3,6-10H2,1H3,(H,18,19);1H. The van der Waals surface area contributed by atoms with Crippen LogP contribution in [-0.4, -0.2) is 25.5 Å². The maximum Gasteiger partial charge on any atom is 0.220 e. The molecule has 0 saturated carbocycles. The molecule has 1 aromatic rings. The topological polar surface area (TPSA) is 41.1 Å². The minimum absolute atomic E-state index is 0. The number of hydrogen-bond donors (Lipinski definition) is 2. The normalized spacial score (nSPS) is 19.6. The highest BCUT2D eigenvalue weighted by atomic mass is 79.9. The lowest BCUT2D eigenvalue weighted by Crippen LogP contribution is -2.35. The zero-order valence-electron chi connectivity index (χ0n) is 12.4. The predicted octanol–water partition coefficient (Wildman–Crippen LogP) is 3.62. The van der Waals surface area contributed by atoms with Gasteiger partial charge in [-0.05, 0) is 72.3 Å². The van der Waals surface area contributed by atoms with Crippen LogP contribution in [0.5, 0.6) is 0 Å². The molecule has 0 bridgehead atoms. The molecule has 2 unspecified atom stereocenters. The lowest BCUT2D eigenvalue weighted by atomic mass is 9.85. The monoisotopic (exact) mass is 394 g/mol. The van der Waals surface area contributed by atoms with Gasteiger partial charge < -0.3 is 10.6 Å². The molecule has 2 rings (SSSR count). The lowest BCUT2D eigenvalue weighted by molar-refractivity contribution is -0.122. The van der Waals surface area contributed by atoms with Crippen molar-refractivity contribution in [3.63, 3.8) is 0 Å². The van der Waals surface area contributed by atoms with Crippen molar-refractivity contribution in [2.45, 2.75) is 32.6 Å². The van der Waals surface area contributed by atoms with Crippen molar-refractivity contribution in [1.82, 2.24) is 10.6 Å². The highest BCUT2D eigenvalue weighted by Gasteiger charge is 2.21. The second-order valence-electron chi connectivity index (χ2n) is 5.59. The van der Waals surface area contributed by atoms with Crippen molar-refractivity contribution in [3.05, 3.63) is 20.8 Å². The zero-order valence-corrected chi connectivity index (χ0v) is 15.6. The fourth-order valence-electron chi connectivity index (χ4n) is 2.71. The molecule has 1 fully saturated rings. The molecule has 1 aliphatic rings. The van der Waals surface area contributed by atoms with Crippen molar-refractivity contribution >= 4 is 45.6 Å². The summed E-state index contributed by atoms with van der Waals surface area (Å²) in [6.07, 6.45) is 4.07. The number of hydrogen-bond acceptors (Lipinski definition) is 3. The summed E-state index contributed by atoms with van der Waals surface area (Å²) in [4.78, 5) is 13.3. The SMILES string of the molecule is CC(CC(=O)NCCc1ccc(Br)s1)C1CCCNC1.Cl. The molecule has 1 aliphatic heterocycles. The van der Waals surface area contributed by atoms with Crippen molar-refractivity contribution in [2.24, 2.45) is 11.8 Å².